The number of nitrogens with zero attached hydrogens (tertiary/aromatic N) is 1. The van der Waals surface area contributed by atoms with Crippen molar-refractivity contribution in [3.63, 3.8) is 0 Å². The van der Waals surface area contributed by atoms with E-state index in [1.165, 1.54) is 0 Å². The van der Waals surface area contributed by atoms with Crippen molar-refractivity contribution in [3.05, 3.63) is 35.4 Å². The van der Waals surface area contributed by atoms with Crippen LogP contribution in [0.5, 0.6) is 0 Å². The van der Waals surface area contributed by atoms with E-state index in [0.717, 1.165) is 5.56 Å². The summed E-state index contributed by atoms with van der Waals surface area (Å²) in [7, 11) is 0. The van der Waals surface area contributed by atoms with Gasteiger partial charge < -0.3 is 51.8 Å². The number of imide groups is 1. The Balaban J connectivity index is 1.50. The number of carboxylic acid groups (broad SMARTS) is 4. The van der Waals surface area contributed by atoms with Gasteiger partial charge in [0.1, 0.15) is 6.04 Å². The number of aryl methyl sites for hydroxylation is 1. The van der Waals surface area contributed by atoms with E-state index in [0.29, 0.717) is 17.0 Å². The molecule has 1 aromatic carbocycles. The highest BCUT2D eigenvalue weighted by molar-refractivity contribution is 6.01. The number of benzene rings is 1. The number of hydrogen-bond donors (Lipinski definition) is 9. The molecule has 1 saturated carbocycles. The second kappa shape index (κ2) is 25.2. The highest BCUT2D eigenvalue weighted by atomic mass is 16.7. The van der Waals surface area contributed by atoms with Crippen LogP contribution in [0.4, 0.5) is 0 Å². The van der Waals surface area contributed by atoms with Gasteiger partial charge in [-0.05, 0) is 64.0 Å². The first-order valence-electron chi connectivity index (χ1n) is 20.7. The number of carbonyl (C=O) groups is 12. The van der Waals surface area contributed by atoms with Crippen LogP contribution in [0.3, 0.4) is 0 Å². The van der Waals surface area contributed by atoms with Crippen molar-refractivity contribution < 1.29 is 82.8 Å². The van der Waals surface area contributed by atoms with Crippen LogP contribution in [0.1, 0.15) is 112 Å². The number of hydroxylamine groups is 2. The summed E-state index contributed by atoms with van der Waals surface area (Å²) in [6.45, 7) is 2.06. The van der Waals surface area contributed by atoms with Crippen LogP contribution < -0.4 is 26.6 Å². The van der Waals surface area contributed by atoms with Crippen LogP contribution in [0.2, 0.25) is 0 Å². The van der Waals surface area contributed by atoms with Gasteiger partial charge in [-0.2, -0.15) is 0 Å². The van der Waals surface area contributed by atoms with Crippen molar-refractivity contribution in [2.75, 3.05) is 6.54 Å². The summed E-state index contributed by atoms with van der Waals surface area (Å²) < 4.78 is 0. The molecule has 0 unspecified atom stereocenters. The van der Waals surface area contributed by atoms with Crippen LogP contribution in [0, 0.1) is 18.8 Å². The first kappa shape index (κ1) is 51.4. The lowest BCUT2D eigenvalue weighted by Gasteiger charge is -2.28. The molecule has 1 heterocycles. The third-order valence-corrected chi connectivity index (χ3v) is 10.4. The molecule has 0 aromatic heterocycles. The van der Waals surface area contributed by atoms with Crippen molar-refractivity contribution in [1.82, 2.24) is 31.6 Å². The number of nitrogens with one attached hydrogen (secondary N) is 5. The minimum absolute atomic E-state index is 0.0430. The van der Waals surface area contributed by atoms with E-state index in [9.17, 15) is 78.0 Å². The third kappa shape index (κ3) is 18.2. The van der Waals surface area contributed by atoms with Gasteiger partial charge >= 0.3 is 29.8 Å². The lowest BCUT2D eigenvalue weighted by Crippen LogP contribution is -2.48. The monoisotopic (exact) mass is 902 g/mol. The molecule has 3 rings (SSSR count). The SMILES string of the molecule is Cc1cccc(C(=O)NCCCC[C@@H](NC(=O)C[C@H](CC(=O)O)NC(=O)C[C@H](CC(=O)O)NC(=O)C[C@H](CC(=O)O)NC(=O)[C@H]2CC[C@H](C(=O)ON3C(=O)CCC3=O)CC2)C(=O)O)c1. The molecule has 0 radical (unpaired) electrons. The largest absolute Gasteiger partial charge is 0.481 e. The highest BCUT2D eigenvalue weighted by Gasteiger charge is 2.38. The minimum atomic E-state index is -1.46. The Morgan fingerprint density at radius 2 is 1.14 bits per heavy atom. The quantitative estimate of drug-likeness (QED) is 0.0434. The highest BCUT2D eigenvalue weighted by Crippen LogP contribution is 2.31. The molecule has 1 aromatic rings. The fraction of sp³-hybridized carbons (Fsp3) is 0.561. The maximum absolute atomic E-state index is 13.1. The van der Waals surface area contributed by atoms with Gasteiger partial charge in [0, 0.05) is 68.3 Å². The van der Waals surface area contributed by atoms with Crippen molar-refractivity contribution in [3.8, 4) is 0 Å². The summed E-state index contributed by atoms with van der Waals surface area (Å²) in [6.07, 6.45) is -3.39. The molecule has 0 spiro atoms. The van der Waals surface area contributed by atoms with E-state index >= 15 is 0 Å². The Kier molecular flexibility index (Phi) is 20.3. The van der Waals surface area contributed by atoms with Crippen molar-refractivity contribution in [2.45, 2.75) is 127 Å². The molecule has 2 fully saturated rings. The number of carbonyl (C=O) groups excluding carboxylic acids is 8. The molecule has 2 aliphatic rings. The maximum Gasteiger partial charge on any atom is 0.336 e. The van der Waals surface area contributed by atoms with Gasteiger partial charge in [0.05, 0.1) is 25.2 Å². The number of carboxylic acids is 4. The Morgan fingerprint density at radius 1 is 0.656 bits per heavy atom. The van der Waals surface area contributed by atoms with Gasteiger partial charge in [0.25, 0.3) is 17.7 Å². The summed E-state index contributed by atoms with van der Waals surface area (Å²) in [6, 6.07) is 1.42. The Labute approximate surface area is 366 Å². The van der Waals surface area contributed by atoms with E-state index in [1.54, 1.807) is 18.2 Å². The molecule has 1 aliphatic heterocycles. The molecule has 1 aliphatic carbocycles. The Bertz CT molecular complexity index is 1930. The zero-order valence-electron chi connectivity index (χ0n) is 35.1. The maximum atomic E-state index is 13.1. The average Bonchev–Trinajstić information content (AvgIpc) is 3.51. The first-order valence-corrected chi connectivity index (χ1v) is 20.7. The van der Waals surface area contributed by atoms with E-state index < -0.39 is 140 Å². The average molecular weight is 903 g/mol. The Hall–Kier alpha value is -6.94. The van der Waals surface area contributed by atoms with Gasteiger partial charge in [0.15, 0.2) is 0 Å². The topological polar surface area (TPSA) is 358 Å². The van der Waals surface area contributed by atoms with Gasteiger partial charge in [-0.3, -0.25) is 47.9 Å². The summed E-state index contributed by atoms with van der Waals surface area (Å²) in [5.74, 6) is -13.0. The summed E-state index contributed by atoms with van der Waals surface area (Å²) in [5.41, 5.74) is 1.36. The van der Waals surface area contributed by atoms with E-state index in [-0.39, 0.29) is 63.8 Å². The smallest absolute Gasteiger partial charge is 0.336 e. The minimum Gasteiger partial charge on any atom is -0.481 e. The van der Waals surface area contributed by atoms with E-state index in [1.807, 2.05) is 13.0 Å². The van der Waals surface area contributed by atoms with Crippen molar-refractivity contribution >= 4 is 71.2 Å². The first-order chi connectivity index (χ1) is 30.2. The summed E-state index contributed by atoms with van der Waals surface area (Å²) in [4.78, 5) is 152. The molecule has 64 heavy (non-hydrogen) atoms. The fourth-order valence-electron chi connectivity index (χ4n) is 7.21. The molecule has 1 saturated heterocycles. The number of rotatable bonds is 26. The lowest BCUT2D eigenvalue weighted by atomic mass is 9.81. The molecular formula is C41H54N6O17. The number of unbranched alkanes of at least 4 members (excludes halogenated alkanes) is 1. The van der Waals surface area contributed by atoms with E-state index in [4.69, 9.17) is 4.84 Å². The second-order valence-corrected chi connectivity index (χ2v) is 15.8. The van der Waals surface area contributed by atoms with Crippen LogP contribution in [0.15, 0.2) is 24.3 Å². The van der Waals surface area contributed by atoms with Crippen molar-refractivity contribution in [2.24, 2.45) is 11.8 Å². The summed E-state index contributed by atoms with van der Waals surface area (Å²) >= 11 is 0. The van der Waals surface area contributed by atoms with Crippen LogP contribution in [0.25, 0.3) is 0 Å². The number of hydrogen-bond acceptors (Lipinski definition) is 13. The fourth-order valence-corrected chi connectivity index (χ4v) is 7.21. The van der Waals surface area contributed by atoms with Gasteiger partial charge in [0.2, 0.25) is 23.6 Å². The van der Waals surface area contributed by atoms with Gasteiger partial charge in [-0.15, -0.1) is 5.06 Å². The standard InChI is InChI=1S/C41H54N6O17/c1-22-5-4-6-25(15-22)38(59)42-14-3-2-7-29(40(61)62)46-32(50)17-27(20-36(55)56)44-30(48)16-26(19-35(53)54)43-31(49)18-28(21-37(57)58)45-39(60)23-8-10-24(11-9-23)41(63)64-47-33(51)12-13-34(47)52/h4-6,15,23-24,26-29H,2-3,7-14,16-21H2,1H3,(H,42,59)(H,43,49)(H,44,48)(H,45,60)(H,46,50)(H,53,54)(H,55,56)(H,57,58)(H,61,62)/t23-,24-,26-,27-,28-,29-/m1/s1. The predicted molar refractivity (Wildman–Crippen MR) is 216 cm³/mol. The van der Waals surface area contributed by atoms with Crippen molar-refractivity contribution in [1.29, 1.82) is 0 Å². The summed E-state index contributed by atoms with van der Waals surface area (Å²) in [5, 5.41) is 50.6. The third-order valence-electron chi connectivity index (χ3n) is 10.4. The number of amides is 7. The molecule has 9 N–H and O–H groups in total. The lowest BCUT2D eigenvalue weighted by molar-refractivity contribution is -0.201. The van der Waals surface area contributed by atoms with E-state index in [2.05, 4.69) is 26.6 Å². The van der Waals surface area contributed by atoms with Gasteiger partial charge in [-0.1, -0.05) is 17.7 Å². The zero-order valence-corrected chi connectivity index (χ0v) is 35.1. The van der Waals surface area contributed by atoms with Gasteiger partial charge in [-0.25, -0.2) is 9.59 Å². The molecule has 7 amide bonds. The molecule has 23 nitrogen and oxygen atoms in total. The zero-order chi connectivity index (χ0) is 47.5. The number of aliphatic carboxylic acids is 4. The molecular weight excluding hydrogens is 848 g/mol. The molecule has 4 atom stereocenters. The second-order valence-electron chi connectivity index (χ2n) is 15.8. The van der Waals surface area contributed by atoms with Crippen LogP contribution >= 0.6 is 0 Å². The molecule has 23 heteroatoms. The molecule has 350 valence electrons. The van der Waals surface area contributed by atoms with Crippen LogP contribution in [-0.2, 0) is 57.6 Å². The Morgan fingerprint density at radius 3 is 1.62 bits per heavy atom. The normalized spacial score (nSPS) is 17.7. The molecule has 0 bridgehead atoms. The van der Waals surface area contributed by atoms with Crippen LogP contribution in [-0.4, -0.2) is 127 Å². The predicted octanol–water partition coefficient (Wildman–Crippen LogP) is -0.0731.